The second-order valence-corrected chi connectivity index (χ2v) is 4.77. The molecule has 1 aromatic carbocycles. The SMILES string of the molecule is Cc1cc(Oc2cc(C#N)ccn2)ccc1C(C)C. The summed E-state index contributed by atoms with van der Waals surface area (Å²) in [6.07, 6.45) is 1.57. The van der Waals surface area contributed by atoms with Crippen LogP contribution in [-0.4, -0.2) is 4.98 Å². The summed E-state index contributed by atoms with van der Waals surface area (Å²) in [5.74, 6) is 1.68. The van der Waals surface area contributed by atoms with Gasteiger partial charge in [0.15, 0.2) is 0 Å². The number of nitrogens with zero attached hydrogens (tertiary/aromatic N) is 2. The van der Waals surface area contributed by atoms with Gasteiger partial charge in [0.2, 0.25) is 5.88 Å². The maximum Gasteiger partial charge on any atom is 0.220 e. The summed E-state index contributed by atoms with van der Waals surface area (Å²) in [5.41, 5.74) is 3.05. The van der Waals surface area contributed by atoms with Gasteiger partial charge in [0.05, 0.1) is 11.6 Å². The van der Waals surface area contributed by atoms with Crippen molar-refractivity contribution in [3.63, 3.8) is 0 Å². The Morgan fingerprint density at radius 3 is 2.63 bits per heavy atom. The molecule has 0 bridgehead atoms. The summed E-state index contributed by atoms with van der Waals surface area (Å²) in [6, 6.07) is 11.4. The van der Waals surface area contributed by atoms with Crippen molar-refractivity contribution in [2.75, 3.05) is 0 Å². The van der Waals surface area contributed by atoms with Crippen molar-refractivity contribution in [1.82, 2.24) is 4.98 Å². The highest BCUT2D eigenvalue weighted by atomic mass is 16.5. The van der Waals surface area contributed by atoms with Gasteiger partial charge in [-0.3, -0.25) is 0 Å². The topological polar surface area (TPSA) is 45.9 Å². The van der Waals surface area contributed by atoms with E-state index in [0.29, 0.717) is 17.4 Å². The average Bonchev–Trinajstić information content (AvgIpc) is 2.38. The lowest BCUT2D eigenvalue weighted by molar-refractivity contribution is 0.462. The van der Waals surface area contributed by atoms with Crippen molar-refractivity contribution in [3.8, 4) is 17.7 Å². The molecule has 0 aliphatic carbocycles. The molecule has 0 unspecified atom stereocenters. The molecule has 0 fully saturated rings. The van der Waals surface area contributed by atoms with Crippen LogP contribution in [0.5, 0.6) is 11.6 Å². The average molecular weight is 252 g/mol. The van der Waals surface area contributed by atoms with Gasteiger partial charge in [-0.2, -0.15) is 5.26 Å². The Morgan fingerprint density at radius 2 is 2.00 bits per heavy atom. The first-order chi connectivity index (χ1) is 9.10. The van der Waals surface area contributed by atoms with Gasteiger partial charge in [-0.25, -0.2) is 4.98 Å². The first-order valence-electron chi connectivity index (χ1n) is 6.24. The lowest BCUT2D eigenvalue weighted by atomic mass is 9.98. The second-order valence-electron chi connectivity index (χ2n) is 4.77. The second kappa shape index (κ2) is 5.53. The van der Waals surface area contributed by atoms with Gasteiger partial charge in [-0.1, -0.05) is 19.9 Å². The van der Waals surface area contributed by atoms with Gasteiger partial charge < -0.3 is 4.74 Å². The molecule has 0 atom stereocenters. The molecular weight excluding hydrogens is 236 g/mol. The van der Waals surface area contributed by atoms with Crippen LogP contribution in [0.2, 0.25) is 0 Å². The first-order valence-corrected chi connectivity index (χ1v) is 6.24. The zero-order chi connectivity index (χ0) is 13.8. The molecule has 2 rings (SSSR count). The number of pyridine rings is 1. The van der Waals surface area contributed by atoms with E-state index in [9.17, 15) is 0 Å². The molecule has 1 heterocycles. The molecule has 96 valence electrons. The molecule has 0 saturated heterocycles. The fourth-order valence-electron chi connectivity index (χ4n) is 2.02. The summed E-state index contributed by atoms with van der Waals surface area (Å²) in [4.78, 5) is 4.10. The minimum atomic E-state index is 0.441. The van der Waals surface area contributed by atoms with E-state index in [4.69, 9.17) is 10.00 Å². The predicted octanol–water partition coefficient (Wildman–Crippen LogP) is 4.18. The summed E-state index contributed by atoms with van der Waals surface area (Å²) >= 11 is 0. The van der Waals surface area contributed by atoms with Crippen LogP contribution in [0.25, 0.3) is 0 Å². The predicted molar refractivity (Wildman–Crippen MR) is 74.3 cm³/mol. The van der Waals surface area contributed by atoms with Crippen molar-refractivity contribution in [2.45, 2.75) is 26.7 Å². The maximum atomic E-state index is 8.84. The summed E-state index contributed by atoms with van der Waals surface area (Å²) in [7, 11) is 0. The van der Waals surface area contributed by atoms with Crippen LogP contribution in [0, 0.1) is 18.3 Å². The normalized spacial score (nSPS) is 10.3. The van der Waals surface area contributed by atoms with E-state index < -0.39 is 0 Å². The molecule has 2 aromatic rings. The van der Waals surface area contributed by atoms with Crippen LogP contribution in [-0.2, 0) is 0 Å². The summed E-state index contributed by atoms with van der Waals surface area (Å²) in [6.45, 7) is 6.41. The highest BCUT2D eigenvalue weighted by molar-refractivity contribution is 5.39. The Morgan fingerprint density at radius 1 is 1.21 bits per heavy atom. The number of benzene rings is 1. The monoisotopic (exact) mass is 252 g/mol. The molecule has 0 saturated carbocycles. The van der Waals surface area contributed by atoms with Crippen molar-refractivity contribution in [3.05, 3.63) is 53.2 Å². The molecule has 0 aliphatic rings. The van der Waals surface area contributed by atoms with Crippen molar-refractivity contribution in [1.29, 1.82) is 5.26 Å². The Bertz CT molecular complexity index is 627. The Balaban J connectivity index is 2.24. The molecule has 3 heteroatoms. The lowest BCUT2D eigenvalue weighted by Crippen LogP contribution is -1.94. The van der Waals surface area contributed by atoms with Crippen molar-refractivity contribution in [2.24, 2.45) is 0 Å². The molecule has 0 N–H and O–H groups in total. The standard InChI is InChI=1S/C16H16N2O/c1-11(2)15-5-4-14(8-12(15)3)19-16-9-13(10-17)6-7-18-16/h4-9,11H,1-3H3. The van der Waals surface area contributed by atoms with Crippen LogP contribution in [0.4, 0.5) is 0 Å². The highest BCUT2D eigenvalue weighted by Crippen LogP contribution is 2.26. The van der Waals surface area contributed by atoms with Gasteiger partial charge in [0, 0.05) is 12.3 Å². The molecule has 1 aromatic heterocycles. The van der Waals surface area contributed by atoms with Gasteiger partial charge >= 0.3 is 0 Å². The van der Waals surface area contributed by atoms with Gasteiger partial charge in [0.25, 0.3) is 0 Å². The number of hydrogen-bond donors (Lipinski definition) is 0. The van der Waals surface area contributed by atoms with Gasteiger partial charge in [-0.05, 0) is 42.2 Å². The number of rotatable bonds is 3. The highest BCUT2D eigenvalue weighted by Gasteiger charge is 2.06. The third-order valence-electron chi connectivity index (χ3n) is 2.95. The molecule has 0 radical (unpaired) electrons. The Kier molecular flexibility index (Phi) is 3.82. The Hall–Kier alpha value is -2.34. The molecule has 0 aliphatic heterocycles. The number of nitriles is 1. The van der Waals surface area contributed by atoms with E-state index in [-0.39, 0.29) is 0 Å². The number of hydrogen-bond acceptors (Lipinski definition) is 3. The number of aromatic nitrogens is 1. The third-order valence-corrected chi connectivity index (χ3v) is 2.95. The largest absolute Gasteiger partial charge is 0.439 e. The zero-order valence-corrected chi connectivity index (χ0v) is 11.3. The van der Waals surface area contributed by atoms with Crippen LogP contribution < -0.4 is 4.74 Å². The molecule has 3 nitrogen and oxygen atoms in total. The minimum Gasteiger partial charge on any atom is -0.439 e. The summed E-state index contributed by atoms with van der Waals surface area (Å²) < 4.78 is 5.67. The van der Waals surface area contributed by atoms with E-state index in [2.05, 4.69) is 37.9 Å². The van der Waals surface area contributed by atoms with Crippen molar-refractivity contribution >= 4 is 0 Å². The smallest absolute Gasteiger partial charge is 0.220 e. The van der Waals surface area contributed by atoms with E-state index in [1.807, 2.05) is 12.1 Å². The summed E-state index contributed by atoms with van der Waals surface area (Å²) in [5, 5.41) is 8.84. The maximum absolute atomic E-state index is 8.84. The molecule has 0 amide bonds. The Labute approximate surface area is 113 Å². The number of aryl methyl sites for hydroxylation is 1. The molecule has 19 heavy (non-hydrogen) atoms. The molecule has 0 spiro atoms. The van der Waals surface area contributed by atoms with Crippen LogP contribution in [0.15, 0.2) is 36.5 Å². The van der Waals surface area contributed by atoms with E-state index >= 15 is 0 Å². The van der Waals surface area contributed by atoms with Crippen LogP contribution >= 0.6 is 0 Å². The number of ether oxygens (including phenoxy) is 1. The van der Waals surface area contributed by atoms with Gasteiger partial charge in [-0.15, -0.1) is 0 Å². The van der Waals surface area contributed by atoms with E-state index in [0.717, 1.165) is 5.75 Å². The van der Waals surface area contributed by atoms with E-state index in [1.165, 1.54) is 11.1 Å². The quantitative estimate of drug-likeness (QED) is 0.823. The van der Waals surface area contributed by atoms with E-state index in [1.54, 1.807) is 18.3 Å². The van der Waals surface area contributed by atoms with Crippen molar-refractivity contribution < 1.29 is 4.74 Å². The van der Waals surface area contributed by atoms with Gasteiger partial charge in [0.1, 0.15) is 5.75 Å². The fraction of sp³-hybridized carbons (Fsp3) is 0.250. The zero-order valence-electron chi connectivity index (χ0n) is 11.3. The third kappa shape index (κ3) is 3.11. The van der Waals surface area contributed by atoms with Crippen LogP contribution in [0.1, 0.15) is 36.5 Å². The minimum absolute atomic E-state index is 0.441. The first kappa shape index (κ1) is 13.1. The van der Waals surface area contributed by atoms with Crippen LogP contribution in [0.3, 0.4) is 0 Å². The lowest BCUT2D eigenvalue weighted by Gasteiger charge is -2.11. The fourth-order valence-corrected chi connectivity index (χ4v) is 2.02. The molecular formula is C16H16N2O.